The molecule has 1 aromatic heterocycles. The molecule has 1 saturated heterocycles. The SMILES string of the molecule is CN=C(NCCN1CCOCC1(C)C)NCc1c(C)noc1C. The molecular weight excluding hydrogens is 294 g/mol. The van der Waals surface area contributed by atoms with Gasteiger partial charge in [0.1, 0.15) is 5.76 Å². The van der Waals surface area contributed by atoms with Crippen molar-refractivity contribution in [1.82, 2.24) is 20.7 Å². The van der Waals surface area contributed by atoms with Crippen molar-refractivity contribution in [3.05, 3.63) is 17.0 Å². The molecule has 23 heavy (non-hydrogen) atoms. The smallest absolute Gasteiger partial charge is 0.191 e. The first-order valence-electron chi connectivity index (χ1n) is 8.13. The van der Waals surface area contributed by atoms with Gasteiger partial charge in [-0.3, -0.25) is 9.89 Å². The molecule has 0 bridgehead atoms. The molecule has 0 atom stereocenters. The Kier molecular flexibility index (Phi) is 6.01. The summed E-state index contributed by atoms with van der Waals surface area (Å²) in [6.45, 7) is 13.3. The minimum atomic E-state index is 0.0908. The maximum Gasteiger partial charge on any atom is 0.191 e. The monoisotopic (exact) mass is 323 g/mol. The van der Waals surface area contributed by atoms with Gasteiger partial charge < -0.3 is 19.9 Å². The zero-order valence-corrected chi connectivity index (χ0v) is 14.9. The molecular formula is C16H29N5O2. The highest BCUT2D eigenvalue weighted by atomic mass is 16.5. The number of morpholine rings is 1. The van der Waals surface area contributed by atoms with Gasteiger partial charge in [0.15, 0.2) is 5.96 Å². The van der Waals surface area contributed by atoms with Crippen LogP contribution in [-0.4, -0.2) is 61.5 Å². The van der Waals surface area contributed by atoms with Gasteiger partial charge in [0.25, 0.3) is 0 Å². The van der Waals surface area contributed by atoms with Gasteiger partial charge in [-0.1, -0.05) is 5.16 Å². The molecule has 0 saturated carbocycles. The topological polar surface area (TPSA) is 74.9 Å². The van der Waals surface area contributed by atoms with E-state index in [-0.39, 0.29) is 5.54 Å². The Bertz CT molecular complexity index is 519. The maximum atomic E-state index is 5.55. The Morgan fingerprint density at radius 3 is 2.74 bits per heavy atom. The lowest BCUT2D eigenvalue weighted by molar-refractivity contribution is -0.0496. The largest absolute Gasteiger partial charge is 0.378 e. The van der Waals surface area contributed by atoms with Crippen LogP contribution in [0.4, 0.5) is 0 Å². The van der Waals surface area contributed by atoms with Crippen LogP contribution in [0.5, 0.6) is 0 Å². The van der Waals surface area contributed by atoms with E-state index in [0.29, 0.717) is 6.54 Å². The number of aryl methyl sites for hydroxylation is 2. The van der Waals surface area contributed by atoms with Crippen LogP contribution in [0.2, 0.25) is 0 Å². The fourth-order valence-electron chi connectivity index (χ4n) is 2.76. The fraction of sp³-hybridized carbons (Fsp3) is 0.750. The van der Waals surface area contributed by atoms with Crippen molar-refractivity contribution in [2.45, 2.75) is 39.8 Å². The summed E-state index contributed by atoms with van der Waals surface area (Å²) in [6, 6.07) is 0. The van der Waals surface area contributed by atoms with E-state index in [0.717, 1.165) is 55.8 Å². The number of aromatic nitrogens is 1. The average Bonchev–Trinajstić information content (AvgIpc) is 2.83. The number of aliphatic imine (C=N–C) groups is 1. The lowest BCUT2D eigenvalue weighted by atomic mass is 10.0. The van der Waals surface area contributed by atoms with Crippen molar-refractivity contribution in [2.75, 3.05) is 39.9 Å². The lowest BCUT2D eigenvalue weighted by Gasteiger charge is -2.42. The second-order valence-corrected chi connectivity index (χ2v) is 6.51. The van der Waals surface area contributed by atoms with Gasteiger partial charge in [0.2, 0.25) is 0 Å². The number of nitrogens with one attached hydrogen (secondary N) is 2. The Hall–Kier alpha value is -1.60. The highest BCUT2D eigenvalue weighted by molar-refractivity contribution is 5.79. The van der Waals surface area contributed by atoms with E-state index in [1.54, 1.807) is 7.05 Å². The fourth-order valence-corrected chi connectivity index (χ4v) is 2.76. The highest BCUT2D eigenvalue weighted by Gasteiger charge is 2.29. The summed E-state index contributed by atoms with van der Waals surface area (Å²) >= 11 is 0. The van der Waals surface area contributed by atoms with Gasteiger partial charge in [-0.2, -0.15) is 0 Å². The standard InChI is InChI=1S/C16H29N5O2/c1-12-14(13(2)23-20-12)10-19-15(17-5)18-6-7-21-8-9-22-11-16(21,3)4/h6-11H2,1-5H3,(H2,17,18,19). The summed E-state index contributed by atoms with van der Waals surface area (Å²) in [4.78, 5) is 6.72. The molecule has 1 aromatic rings. The van der Waals surface area contributed by atoms with Crippen LogP contribution in [0.3, 0.4) is 0 Å². The predicted molar refractivity (Wildman–Crippen MR) is 90.6 cm³/mol. The molecule has 1 fully saturated rings. The lowest BCUT2D eigenvalue weighted by Crippen LogP contribution is -2.55. The van der Waals surface area contributed by atoms with Crippen molar-refractivity contribution < 1.29 is 9.26 Å². The molecule has 0 aromatic carbocycles. The summed E-state index contributed by atoms with van der Waals surface area (Å²) in [5.41, 5.74) is 2.09. The third-order valence-electron chi connectivity index (χ3n) is 4.33. The molecule has 0 radical (unpaired) electrons. The summed E-state index contributed by atoms with van der Waals surface area (Å²) in [5.74, 6) is 1.64. The van der Waals surface area contributed by atoms with Gasteiger partial charge in [0, 0.05) is 44.3 Å². The maximum absolute atomic E-state index is 5.55. The van der Waals surface area contributed by atoms with Gasteiger partial charge >= 0.3 is 0 Å². The molecule has 7 heteroatoms. The van der Waals surface area contributed by atoms with Crippen LogP contribution in [0, 0.1) is 13.8 Å². The third kappa shape index (κ3) is 4.68. The summed E-state index contributed by atoms with van der Waals surface area (Å²) in [6.07, 6.45) is 0. The molecule has 7 nitrogen and oxygen atoms in total. The second kappa shape index (κ2) is 7.79. The van der Waals surface area contributed by atoms with Crippen LogP contribution < -0.4 is 10.6 Å². The van der Waals surface area contributed by atoms with Crippen LogP contribution in [0.1, 0.15) is 30.9 Å². The Morgan fingerprint density at radius 2 is 2.13 bits per heavy atom. The van der Waals surface area contributed by atoms with Crippen LogP contribution in [0.25, 0.3) is 0 Å². The first-order valence-corrected chi connectivity index (χ1v) is 8.13. The molecule has 0 unspecified atom stereocenters. The van der Waals surface area contributed by atoms with E-state index in [4.69, 9.17) is 9.26 Å². The minimum absolute atomic E-state index is 0.0908. The van der Waals surface area contributed by atoms with Crippen LogP contribution in [-0.2, 0) is 11.3 Å². The third-order valence-corrected chi connectivity index (χ3v) is 4.33. The second-order valence-electron chi connectivity index (χ2n) is 6.51. The van der Waals surface area contributed by atoms with Crippen molar-refractivity contribution in [3.8, 4) is 0 Å². The molecule has 0 aliphatic carbocycles. The molecule has 2 N–H and O–H groups in total. The van der Waals surface area contributed by atoms with E-state index in [2.05, 4.69) is 39.5 Å². The van der Waals surface area contributed by atoms with Crippen molar-refractivity contribution in [3.63, 3.8) is 0 Å². The highest BCUT2D eigenvalue weighted by Crippen LogP contribution is 2.17. The first-order chi connectivity index (χ1) is 10.9. The molecule has 130 valence electrons. The van der Waals surface area contributed by atoms with Gasteiger partial charge in [-0.05, 0) is 27.7 Å². The van der Waals surface area contributed by atoms with Crippen LogP contribution in [0.15, 0.2) is 9.52 Å². The van der Waals surface area contributed by atoms with Crippen molar-refractivity contribution >= 4 is 5.96 Å². The average molecular weight is 323 g/mol. The number of hydrogen-bond donors (Lipinski definition) is 2. The van der Waals surface area contributed by atoms with Crippen molar-refractivity contribution in [1.29, 1.82) is 0 Å². The van der Waals surface area contributed by atoms with E-state index < -0.39 is 0 Å². The van der Waals surface area contributed by atoms with E-state index in [9.17, 15) is 0 Å². The number of ether oxygens (including phenoxy) is 1. The number of nitrogens with zero attached hydrogens (tertiary/aromatic N) is 3. The summed E-state index contributed by atoms with van der Waals surface area (Å²) in [7, 11) is 1.78. The Labute approximate surface area is 138 Å². The quantitative estimate of drug-likeness (QED) is 0.624. The molecule has 2 rings (SSSR count). The van der Waals surface area contributed by atoms with E-state index in [1.807, 2.05) is 13.8 Å². The van der Waals surface area contributed by atoms with Gasteiger partial charge in [0.05, 0.1) is 18.9 Å². The van der Waals surface area contributed by atoms with Crippen molar-refractivity contribution in [2.24, 2.45) is 4.99 Å². The zero-order chi connectivity index (χ0) is 16.9. The minimum Gasteiger partial charge on any atom is -0.378 e. The van der Waals surface area contributed by atoms with E-state index in [1.165, 1.54) is 0 Å². The predicted octanol–water partition coefficient (Wildman–Crippen LogP) is 1.07. The molecule has 2 heterocycles. The Balaban J connectivity index is 1.77. The van der Waals surface area contributed by atoms with Gasteiger partial charge in [-0.15, -0.1) is 0 Å². The normalized spacial score (nSPS) is 18.9. The van der Waals surface area contributed by atoms with Gasteiger partial charge in [-0.25, -0.2) is 0 Å². The molecule has 1 aliphatic rings. The molecule has 1 aliphatic heterocycles. The molecule has 0 spiro atoms. The Morgan fingerprint density at radius 1 is 1.35 bits per heavy atom. The molecule has 0 amide bonds. The number of rotatable bonds is 5. The summed E-state index contributed by atoms with van der Waals surface area (Å²) < 4.78 is 10.7. The van der Waals surface area contributed by atoms with E-state index >= 15 is 0 Å². The number of hydrogen-bond acceptors (Lipinski definition) is 5. The van der Waals surface area contributed by atoms with Crippen LogP contribution >= 0.6 is 0 Å². The summed E-state index contributed by atoms with van der Waals surface area (Å²) in [5, 5.41) is 10.6. The first kappa shape index (κ1) is 17.7. The zero-order valence-electron chi connectivity index (χ0n) is 14.9. The number of guanidine groups is 1.